The lowest BCUT2D eigenvalue weighted by Gasteiger charge is -2.28. The normalized spacial score (nSPS) is 24.0. The minimum absolute atomic E-state index is 0.0114. The van der Waals surface area contributed by atoms with Crippen LogP contribution in [0.25, 0.3) is 0 Å². The molecule has 0 amide bonds. The summed E-state index contributed by atoms with van der Waals surface area (Å²) in [5.41, 5.74) is 0.375. The summed E-state index contributed by atoms with van der Waals surface area (Å²) in [5.74, 6) is 0. The molecule has 1 aliphatic heterocycles. The molecular weight excluding hydrogens is 351 g/mol. The Labute approximate surface area is 133 Å². The highest BCUT2D eigenvalue weighted by Gasteiger charge is 2.39. The summed E-state index contributed by atoms with van der Waals surface area (Å²) in [5, 5.41) is 25.1. The first-order valence-electron chi connectivity index (χ1n) is 6.53. The molecule has 2 rings (SSSR count). The van der Waals surface area contributed by atoms with Crippen LogP contribution < -0.4 is 10.5 Å². The van der Waals surface area contributed by atoms with Crippen molar-refractivity contribution in [3.05, 3.63) is 11.6 Å². The summed E-state index contributed by atoms with van der Waals surface area (Å²) in [7, 11) is -9.01. The van der Waals surface area contributed by atoms with Crippen molar-refractivity contribution in [1.29, 1.82) is 0 Å². The Hall–Kier alpha value is -0.495. The molecule has 1 aliphatic rings. The zero-order chi connectivity index (χ0) is 16.7. The van der Waals surface area contributed by atoms with Gasteiger partial charge in [0.1, 0.15) is 8.42 Å². The monoisotopic (exact) mass is 368 g/mol. The van der Waals surface area contributed by atoms with E-state index in [-0.39, 0.29) is 33.7 Å². The van der Waals surface area contributed by atoms with Crippen LogP contribution in [-0.2, 0) is 19.9 Å². The van der Waals surface area contributed by atoms with Crippen molar-refractivity contribution < 1.29 is 26.9 Å². The van der Waals surface area contributed by atoms with Crippen molar-refractivity contribution in [3.63, 3.8) is 0 Å². The van der Waals surface area contributed by atoms with E-state index in [1.807, 2.05) is 0 Å². The summed E-state index contributed by atoms with van der Waals surface area (Å²) in [4.78, 5) is 0. The van der Waals surface area contributed by atoms with Gasteiger partial charge in [-0.15, -0.1) is 11.3 Å². The number of nitrogens with two attached hydrogens (primary N) is 1. The number of primary sulfonamides is 1. The first kappa shape index (κ1) is 17.9. The van der Waals surface area contributed by atoms with Crippen LogP contribution >= 0.6 is 11.3 Å². The summed E-state index contributed by atoms with van der Waals surface area (Å²) in [6.07, 6.45) is 0.358. The number of sulfone groups is 1. The third-order valence-corrected chi connectivity index (χ3v) is 8.82. The zero-order valence-electron chi connectivity index (χ0n) is 11.8. The van der Waals surface area contributed by atoms with Crippen LogP contribution in [-0.4, -0.2) is 45.8 Å². The molecule has 0 aliphatic carbocycles. The number of sulfonamides is 1. The van der Waals surface area contributed by atoms with Crippen LogP contribution in [0.4, 0.5) is 0 Å². The largest absolute Gasteiger partial charge is 0.452 e. The summed E-state index contributed by atoms with van der Waals surface area (Å²) < 4.78 is 47.4. The van der Waals surface area contributed by atoms with Gasteiger partial charge in [-0.2, -0.15) is 0 Å². The number of rotatable bonds is 5. The highest BCUT2D eigenvalue weighted by Crippen LogP contribution is 2.42. The lowest BCUT2D eigenvalue weighted by molar-refractivity contribution is 0.397. The van der Waals surface area contributed by atoms with Crippen molar-refractivity contribution in [3.8, 4) is 0 Å². The van der Waals surface area contributed by atoms with E-state index in [0.717, 1.165) is 0 Å². The minimum atomic E-state index is -3.98. The molecule has 8 nitrogen and oxygen atoms in total. The molecule has 22 heavy (non-hydrogen) atoms. The van der Waals surface area contributed by atoms with Gasteiger partial charge in [0.2, 0.25) is 10.0 Å². The minimum Gasteiger partial charge on any atom is -0.427 e. The molecular formula is C10H17BN2O6S3. The molecule has 0 radical (unpaired) electrons. The third kappa shape index (κ3) is 3.53. The fourth-order valence-corrected chi connectivity index (χ4v) is 6.74. The smallest absolute Gasteiger partial charge is 0.427 e. The third-order valence-electron chi connectivity index (χ3n) is 3.51. The number of fused-ring (bicyclic) bond motifs is 1. The number of hydrogen-bond donors (Lipinski definition) is 4. The fourth-order valence-electron chi connectivity index (χ4n) is 2.32. The van der Waals surface area contributed by atoms with Gasteiger partial charge in [0.05, 0.1) is 5.25 Å². The Bertz CT molecular complexity index is 758. The van der Waals surface area contributed by atoms with Crippen LogP contribution in [0.3, 0.4) is 0 Å². The average Bonchev–Trinajstić information content (AvgIpc) is 2.81. The molecule has 0 saturated heterocycles. The first-order chi connectivity index (χ1) is 10.0. The predicted molar refractivity (Wildman–Crippen MR) is 82.7 cm³/mol. The average molecular weight is 368 g/mol. The highest BCUT2D eigenvalue weighted by atomic mass is 32.3. The van der Waals surface area contributed by atoms with Gasteiger partial charge in [0.15, 0.2) is 9.84 Å². The Morgan fingerprint density at radius 3 is 2.68 bits per heavy atom. The lowest BCUT2D eigenvalue weighted by Crippen LogP contribution is -2.34. The van der Waals surface area contributed by atoms with Gasteiger partial charge in [-0.05, 0) is 32.3 Å². The van der Waals surface area contributed by atoms with Gasteiger partial charge in [0, 0.05) is 11.6 Å². The number of hydrogen-bond acceptors (Lipinski definition) is 8. The molecule has 124 valence electrons. The van der Waals surface area contributed by atoms with Gasteiger partial charge in [-0.3, -0.25) is 0 Å². The first-order valence-corrected chi connectivity index (χ1v) is 10.4. The maximum Gasteiger partial charge on any atom is 0.452 e. The van der Waals surface area contributed by atoms with E-state index in [4.69, 9.17) is 15.2 Å². The molecule has 0 fully saturated rings. The Kier molecular flexibility index (Phi) is 5.02. The van der Waals surface area contributed by atoms with Gasteiger partial charge in [-0.1, -0.05) is 0 Å². The highest BCUT2D eigenvalue weighted by molar-refractivity contribution is 7.95. The molecule has 2 heterocycles. The van der Waals surface area contributed by atoms with Crippen molar-refractivity contribution >= 4 is 38.3 Å². The lowest BCUT2D eigenvalue weighted by atomic mass is 9.86. The number of nitrogens with one attached hydrogen (secondary N) is 1. The van der Waals surface area contributed by atoms with Gasteiger partial charge < -0.3 is 15.4 Å². The zero-order valence-corrected chi connectivity index (χ0v) is 14.2. The van der Waals surface area contributed by atoms with Crippen molar-refractivity contribution in [2.24, 2.45) is 5.14 Å². The molecule has 1 aromatic heterocycles. The summed E-state index contributed by atoms with van der Waals surface area (Å²) >= 11 is 0.657. The second-order valence-electron chi connectivity index (χ2n) is 5.22. The SMILES string of the molecule is C[C@H]1C[C@H](NCCB(O)O)c2cc(S(N)(=O)=O)sc2S1(=O)=O. The van der Waals surface area contributed by atoms with E-state index >= 15 is 0 Å². The van der Waals surface area contributed by atoms with E-state index < -0.39 is 32.2 Å². The van der Waals surface area contributed by atoms with E-state index in [9.17, 15) is 16.8 Å². The molecule has 0 unspecified atom stereocenters. The van der Waals surface area contributed by atoms with Crippen LogP contribution in [0, 0.1) is 0 Å². The predicted octanol–water partition coefficient (Wildman–Crippen LogP) is -0.935. The Morgan fingerprint density at radius 2 is 2.14 bits per heavy atom. The van der Waals surface area contributed by atoms with E-state index in [1.165, 1.54) is 6.07 Å². The van der Waals surface area contributed by atoms with E-state index in [0.29, 0.717) is 16.9 Å². The van der Waals surface area contributed by atoms with Gasteiger partial charge in [-0.25, -0.2) is 22.0 Å². The molecule has 0 saturated carbocycles. The standard InChI is InChI=1S/C10H17BN2O6S3/c1-6-4-8(13-3-2-11(14)15)7-5-9(22(12,18)19)20-10(7)21(6,16)17/h5-6,8,13-15H,2-4H2,1H3,(H2,12,18,19)/t6-,8-/m0/s1. The van der Waals surface area contributed by atoms with Crippen LogP contribution in [0.15, 0.2) is 14.5 Å². The van der Waals surface area contributed by atoms with Crippen LogP contribution in [0.5, 0.6) is 0 Å². The molecule has 0 aromatic carbocycles. The molecule has 1 aromatic rings. The second-order valence-corrected chi connectivity index (χ2v) is 10.6. The quantitative estimate of drug-likeness (QED) is 0.491. The van der Waals surface area contributed by atoms with Gasteiger partial charge >= 0.3 is 7.12 Å². The Balaban J connectivity index is 2.40. The molecule has 0 spiro atoms. The fraction of sp³-hybridized carbons (Fsp3) is 0.600. The molecule has 5 N–H and O–H groups in total. The van der Waals surface area contributed by atoms with Crippen molar-refractivity contribution in [1.82, 2.24) is 5.32 Å². The molecule has 0 bridgehead atoms. The second kappa shape index (κ2) is 6.19. The summed E-state index contributed by atoms with van der Waals surface area (Å²) in [6.45, 7) is 1.82. The van der Waals surface area contributed by atoms with Crippen molar-refractivity contribution in [2.45, 2.75) is 39.4 Å². The maximum absolute atomic E-state index is 12.3. The Morgan fingerprint density at radius 1 is 1.50 bits per heavy atom. The maximum atomic E-state index is 12.3. The molecule has 2 atom stereocenters. The molecule has 12 heteroatoms. The van der Waals surface area contributed by atoms with E-state index in [1.54, 1.807) is 6.92 Å². The van der Waals surface area contributed by atoms with Crippen LogP contribution in [0.2, 0.25) is 6.32 Å². The van der Waals surface area contributed by atoms with Crippen LogP contribution in [0.1, 0.15) is 24.9 Å². The number of thiophene rings is 1. The van der Waals surface area contributed by atoms with Gasteiger partial charge in [0.25, 0.3) is 0 Å². The van der Waals surface area contributed by atoms with Crippen molar-refractivity contribution in [2.75, 3.05) is 6.54 Å². The van der Waals surface area contributed by atoms with E-state index in [2.05, 4.69) is 5.32 Å². The topological polar surface area (TPSA) is 147 Å². The summed E-state index contributed by atoms with van der Waals surface area (Å²) in [6, 6.07) is 0.908.